The number of carbonyl (C=O) groups excluding carboxylic acids is 1. The first-order valence-electron chi connectivity index (χ1n) is 7.75. The number of esters is 1. The van der Waals surface area contributed by atoms with Crippen molar-refractivity contribution < 1.29 is 19.0 Å². The van der Waals surface area contributed by atoms with Crippen LogP contribution in [0.1, 0.15) is 28.3 Å². The monoisotopic (exact) mass is 299 g/mol. The summed E-state index contributed by atoms with van der Waals surface area (Å²) in [4.78, 5) is 14.7. The van der Waals surface area contributed by atoms with Crippen LogP contribution in [0.2, 0.25) is 0 Å². The third-order valence-electron chi connectivity index (χ3n) is 5.40. The molecule has 1 aromatic carbocycles. The smallest absolute Gasteiger partial charge is 0.339 e. The Morgan fingerprint density at radius 1 is 1.18 bits per heavy atom. The molecule has 3 heterocycles. The van der Waals surface area contributed by atoms with Gasteiger partial charge in [-0.1, -0.05) is 6.08 Å². The Hall–Kier alpha value is -2.01. The van der Waals surface area contributed by atoms with Gasteiger partial charge in [0.15, 0.2) is 11.5 Å². The number of fused-ring (bicyclic) bond motifs is 6. The van der Waals surface area contributed by atoms with Gasteiger partial charge >= 0.3 is 5.97 Å². The predicted molar refractivity (Wildman–Crippen MR) is 78.2 cm³/mol. The van der Waals surface area contributed by atoms with Gasteiger partial charge < -0.3 is 19.1 Å². The fourth-order valence-electron chi connectivity index (χ4n) is 4.39. The van der Waals surface area contributed by atoms with Crippen LogP contribution < -0.4 is 9.47 Å². The second kappa shape index (κ2) is 4.26. The highest BCUT2D eigenvalue weighted by Crippen LogP contribution is 2.48. The Balaban J connectivity index is 1.69. The minimum Gasteiger partial charge on any atom is -0.454 e. The van der Waals surface area contributed by atoms with E-state index in [4.69, 9.17) is 14.2 Å². The van der Waals surface area contributed by atoms with Gasteiger partial charge in [-0.3, -0.25) is 0 Å². The van der Waals surface area contributed by atoms with Crippen molar-refractivity contribution in [3.05, 3.63) is 35.4 Å². The zero-order valence-corrected chi connectivity index (χ0v) is 12.3. The minimum atomic E-state index is -0.265. The van der Waals surface area contributed by atoms with Gasteiger partial charge in [-0.05, 0) is 49.7 Å². The lowest BCUT2D eigenvalue weighted by molar-refractivity contribution is 0.0177. The molecule has 1 fully saturated rings. The molecule has 0 saturated carbocycles. The maximum Gasteiger partial charge on any atom is 0.339 e. The highest BCUT2D eigenvalue weighted by molar-refractivity contribution is 5.94. The van der Waals surface area contributed by atoms with E-state index in [0.29, 0.717) is 23.3 Å². The summed E-state index contributed by atoms with van der Waals surface area (Å²) in [6, 6.07) is 4.14. The van der Waals surface area contributed by atoms with Crippen LogP contribution in [0, 0.1) is 5.92 Å². The van der Waals surface area contributed by atoms with Crippen molar-refractivity contribution in [2.24, 2.45) is 5.92 Å². The number of nitrogens with zero attached hydrogens (tertiary/aromatic N) is 1. The zero-order valence-electron chi connectivity index (χ0n) is 12.3. The summed E-state index contributed by atoms with van der Waals surface area (Å²) in [5, 5.41) is 0. The molecule has 0 unspecified atom stereocenters. The maximum absolute atomic E-state index is 12.3. The van der Waals surface area contributed by atoms with E-state index < -0.39 is 0 Å². The molecule has 0 spiro atoms. The third-order valence-corrected chi connectivity index (χ3v) is 5.40. The molecule has 1 aliphatic carbocycles. The molecule has 22 heavy (non-hydrogen) atoms. The first kappa shape index (κ1) is 12.5. The van der Waals surface area contributed by atoms with E-state index in [1.54, 1.807) is 6.07 Å². The summed E-state index contributed by atoms with van der Waals surface area (Å²) in [6.45, 7) is 1.30. The normalized spacial score (nSPS) is 34.9. The van der Waals surface area contributed by atoms with Crippen LogP contribution in [0.5, 0.6) is 11.5 Å². The topological polar surface area (TPSA) is 48.0 Å². The largest absolute Gasteiger partial charge is 0.454 e. The fourth-order valence-corrected chi connectivity index (χ4v) is 4.39. The van der Waals surface area contributed by atoms with Crippen LogP contribution in [0.3, 0.4) is 0 Å². The van der Waals surface area contributed by atoms with Crippen LogP contribution in [0.4, 0.5) is 0 Å². The number of ether oxygens (including phenoxy) is 3. The van der Waals surface area contributed by atoms with Crippen molar-refractivity contribution in [1.29, 1.82) is 0 Å². The summed E-state index contributed by atoms with van der Waals surface area (Å²) >= 11 is 0. The van der Waals surface area contributed by atoms with Gasteiger partial charge in [0, 0.05) is 12.0 Å². The van der Waals surface area contributed by atoms with Crippen molar-refractivity contribution in [3.8, 4) is 11.5 Å². The predicted octanol–water partition coefficient (Wildman–Crippen LogP) is 1.93. The van der Waals surface area contributed by atoms with Crippen molar-refractivity contribution in [3.63, 3.8) is 0 Å². The molecule has 0 N–H and O–H groups in total. The summed E-state index contributed by atoms with van der Waals surface area (Å²) in [5.74, 6) is 1.81. The van der Waals surface area contributed by atoms with E-state index in [1.807, 2.05) is 6.07 Å². The molecule has 114 valence electrons. The van der Waals surface area contributed by atoms with Crippen LogP contribution >= 0.6 is 0 Å². The molecule has 4 aliphatic rings. The average Bonchev–Trinajstić information content (AvgIpc) is 3.12. The lowest BCUT2D eigenvalue weighted by atomic mass is 9.74. The molecule has 0 bridgehead atoms. The van der Waals surface area contributed by atoms with E-state index in [0.717, 1.165) is 24.3 Å². The van der Waals surface area contributed by atoms with E-state index in [-0.39, 0.29) is 24.8 Å². The van der Waals surface area contributed by atoms with Gasteiger partial charge in [0.25, 0.3) is 0 Å². The SMILES string of the molecule is CN1CC[C@H]2C=C[C@H]3OC(=O)c4cc5c(cc4[C@H]3[C@H]21)OCO5. The molecule has 0 amide bonds. The Morgan fingerprint density at radius 3 is 2.86 bits per heavy atom. The Bertz CT molecular complexity index is 698. The Kier molecular flexibility index (Phi) is 2.42. The second-order valence-corrected chi connectivity index (χ2v) is 6.50. The summed E-state index contributed by atoms with van der Waals surface area (Å²) in [7, 11) is 2.16. The van der Waals surface area contributed by atoms with E-state index in [2.05, 4.69) is 24.1 Å². The molecule has 5 nitrogen and oxygen atoms in total. The van der Waals surface area contributed by atoms with E-state index >= 15 is 0 Å². The van der Waals surface area contributed by atoms with Crippen molar-refractivity contribution in [2.75, 3.05) is 20.4 Å². The quantitative estimate of drug-likeness (QED) is 0.541. The van der Waals surface area contributed by atoms with E-state index in [9.17, 15) is 4.79 Å². The Morgan fingerprint density at radius 2 is 2.00 bits per heavy atom. The van der Waals surface area contributed by atoms with E-state index in [1.165, 1.54) is 0 Å². The summed E-state index contributed by atoms with van der Waals surface area (Å²) in [6.07, 6.45) is 5.27. The molecule has 1 aromatic rings. The van der Waals surface area contributed by atoms with Crippen molar-refractivity contribution >= 4 is 5.97 Å². The van der Waals surface area contributed by atoms with Gasteiger partial charge in [-0.25, -0.2) is 4.79 Å². The van der Waals surface area contributed by atoms with Crippen LogP contribution in [-0.2, 0) is 4.74 Å². The van der Waals surface area contributed by atoms with Gasteiger partial charge in [-0.2, -0.15) is 0 Å². The Labute approximate surface area is 128 Å². The molecule has 1 saturated heterocycles. The zero-order chi connectivity index (χ0) is 14.8. The highest BCUT2D eigenvalue weighted by atomic mass is 16.7. The first-order valence-corrected chi connectivity index (χ1v) is 7.75. The number of hydrogen-bond donors (Lipinski definition) is 0. The first-order chi connectivity index (χ1) is 10.7. The molecular formula is C17H17NO4. The van der Waals surface area contributed by atoms with Gasteiger partial charge in [-0.15, -0.1) is 0 Å². The number of hydrogen-bond acceptors (Lipinski definition) is 5. The van der Waals surface area contributed by atoms with Crippen LogP contribution in [-0.4, -0.2) is 43.4 Å². The van der Waals surface area contributed by atoms with Gasteiger partial charge in [0.1, 0.15) is 6.10 Å². The second-order valence-electron chi connectivity index (χ2n) is 6.50. The minimum absolute atomic E-state index is 0.171. The number of carbonyl (C=O) groups is 1. The fraction of sp³-hybridized carbons (Fsp3) is 0.471. The molecular weight excluding hydrogens is 282 g/mol. The molecule has 0 radical (unpaired) electrons. The average molecular weight is 299 g/mol. The molecule has 5 heteroatoms. The molecule has 5 rings (SSSR count). The number of rotatable bonds is 0. The standard InChI is InChI=1S/C17H17NO4/c1-18-5-4-9-2-3-12-15(16(9)18)10-6-13-14(21-8-20-13)7-11(10)17(19)22-12/h2-3,6-7,9,12,15-16H,4-5,8H2,1H3/t9-,12-,15-,16+/m1/s1. The lowest BCUT2D eigenvalue weighted by Gasteiger charge is -2.42. The third kappa shape index (κ3) is 1.54. The van der Waals surface area contributed by atoms with Crippen LogP contribution in [0.15, 0.2) is 24.3 Å². The van der Waals surface area contributed by atoms with Gasteiger partial charge in [0.05, 0.1) is 5.56 Å². The maximum atomic E-state index is 12.3. The summed E-state index contributed by atoms with van der Waals surface area (Å²) in [5.41, 5.74) is 1.67. The number of benzene rings is 1. The molecule has 0 aromatic heterocycles. The molecule has 3 aliphatic heterocycles. The molecule has 4 atom stereocenters. The summed E-state index contributed by atoms with van der Waals surface area (Å²) < 4.78 is 16.6. The van der Waals surface area contributed by atoms with Crippen molar-refractivity contribution in [1.82, 2.24) is 4.90 Å². The van der Waals surface area contributed by atoms with Crippen molar-refractivity contribution in [2.45, 2.75) is 24.5 Å². The highest BCUT2D eigenvalue weighted by Gasteiger charge is 2.48. The number of likely N-dealkylation sites (N-methyl/N-ethyl adjacent to an activating group) is 1. The lowest BCUT2D eigenvalue weighted by Crippen LogP contribution is -2.46. The van der Waals surface area contributed by atoms with Gasteiger partial charge in [0.2, 0.25) is 6.79 Å². The van der Waals surface area contributed by atoms with Crippen LogP contribution in [0.25, 0.3) is 0 Å². The number of likely N-dealkylation sites (tertiary alicyclic amines) is 1.